The average Bonchev–Trinajstić information content (AvgIpc) is 3.30. The van der Waals surface area contributed by atoms with Crippen molar-refractivity contribution in [2.75, 3.05) is 39.3 Å². The van der Waals surface area contributed by atoms with Gasteiger partial charge in [0.05, 0.1) is 13.2 Å². The van der Waals surface area contributed by atoms with Crippen molar-refractivity contribution in [2.45, 2.75) is 32.9 Å². The molecule has 0 bridgehead atoms. The SMILES string of the molecule is CCNC(=NCC(=O)N1CCc2ccccc2C1)N1CCC(COCc2ccccc2)C1.I. The van der Waals surface area contributed by atoms with E-state index in [1.165, 1.54) is 16.7 Å². The van der Waals surface area contributed by atoms with Crippen LogP contribution in [0.2, 0.25) is 0 Å². The van der Waals surface area contributed by atoms with Gasteiger partial charge in [-0.1, -0.05) is 54.6 Å². The highest BCUT2D eigenvalue weighted by Crippen LogP contribution is 2.19. The van der Waals surface area contributed by atoms with Gasteiger partial charge in [-0.25, -0.2) is 4.99 Å². The molecular weight excluding hydrogens is 527 g/mol. The molecule has 2 aromatic carbocycles. The zero-order valence-electron chi connectivity index (χ0n) is 19.4. The van der Waals surface area contributed by atoms with Crippen molar-refractivity contribution in [3.05, 3.63) is 71.3 Å². The minimum Gasteiger partial charge on any atom is -0.376 e. The summed E-state index contributed by atoms with van der Waals surface area (Å²) in [5.41, 5.74) is 3.81. The van der Waals surface area contributed by atoms with Crippen molar-refractivity contribution in [1.29, 1.82) is 0 Å². The summed E-state index contributed by atoms with van der Waals surface area (Å²) in [5.74, 6) is 1.41. The lowest BCUT2D eigenvalue weighted by Crippen LogP contribution is -2.42. The van der Waals surface area contributed by atoms with Gasteiger partial charge in [0, 0.05) is 38.6 Å². The van der Waals surface area contributed by atoms with E-state index in [4.69, 9.17) is 4.74 Å². The molecule has 4 rings (SSSR count). The largest absolute Gasteiger partial charge is 0.376 e. The zero-order chi connectivity index (χ0) is 22.2. The monoisotopic (exact) mass is 562 g/mol. The number of fused-ring (bicyclic) bond motifs is 1. The van der Waals surface area contributed by atoms with Gasteiger partial charge in [-0.05, 0) is 36.5 Å². The summed E-state index contributed by atoms with van der Waals surface area (Å²) in [4.78, 5) is 21.7. The third-order valence-electron chi connectivity index (χ3n) is 6.23. The standard InChI is InChI=1S/C26H34N4O2.HI/c1-2-27-26(28-16-25(31)29-15-13-23-10-6-7-11-24(23)18-29)30-14-12-22(17-30)20-32-19-21-8-4-3-5-9-21;/h3-11,22H,2,12-20H2,1H3,(H,27,28);1H. The van der Waals surface area contributed by atoms with Crippen molar-refractivity contribution in [3.63, 3.8) is 0 Å². The number of guanidine groups is 1. The predicted molar refractivity (Wildman–Crippen MR) is 143 cm³/mol. The molecular formula is C26H35IN4O2. The highest BCUT2D eigenvalue weighted by molar-refractivity contribution is 14.0. The highest BCUT2D eigenvalue weighted by atomic mass is 127. The van der Waals surface area contributed by atoms with Gasteiger partial charge in [-0.2, -0.15) is 0 Å². The van der Waals surface area contributed by atoms with Gasteiger partial charge in [0.25, 0.3) is 0 Å². The fourth-order valence-electron chi connectivity index (χ4n) is 4.46. The molecule has 0 aliphatic carbocycles. The highest BCUT2D eigenvalue weighted by Gasteiger charge is 2.26. The minimum atomic E-state index is 0. The summed E-state index contributed by atoms with van der Waals surface area (Å²) >= 11 is 0. The van der Waals surface area contributed by atoms with E-state index in [1.54, 1.807) is 0 Å². The molecule has 0 saturated carbocycles. The number of nitrogens with one attached hydrogen (secondary N) is 1. The van der Waals surface area contributed by atoms with Crippen molar-refractivity contribution >= 4 is 35.8 Å². The second-order valence-electron chi connectivity index (χ2n) is 8.61. The molecule has 6 nitrogen and oxygen atoms in total. The molecule has 178 valence electrons. The molecule has 2 aromatic rings. The van der Waals surface area contributed by atoms with E-state index >= 15 is 0 Å². The van der Waals surface area contributed by atoms with Crippen LogP contribution in [-0.2, 0) is 29.1 Å². The molecule has 1 N–H and O–H groups in total. The molecule has 2 aliphatic heterocycles. The van der Waals surface area contributed by atoms with Crippen LogP contribution in [0.3, 0.4) is 0 Å². The number of hydrogen-bond donors (Lipinski definition) is 1. The molecule has 1 amide bonds. The van der Waals surface area contributed by atoms with Crippen molar-refractivity contribution in [1.82, 2.24) is 15.1 Å². The fraction of sp³-hybridized carbons (Fsp3) is 0.462. The van der Waals surface area contributed by atoms with E-state index in [-0.39, 0.29) is 36.4 Å². The van der Waals surface area contributed by atoms with Crippen LogP contribution in [-0.4, -0.2) is 61.0 Å². The Kier molecular flexibility index (Phi) is 9.99. The maximum atomic E-state index is 12.8. The van der Waals surface area contributed by atoms with Crippen LogP contribution >= 0.6 is 24.0 Å². The maximum Gasteiger partial charge on any atom is 0.244 e. The van der Waals surface area contributed by atoms with Crippen LogP contribution in [0.5, 0.6) is 0 Å². The molecule has 2 aliphatic rings. The second-order valence-corrected chi connectivity index (χ2v) is 8.61. The first kappa shape index (κ1) is 25.5. The number of carbonyl (C=O) groups excluding carboxylic acids is 1. The van der Waals surface area contributed by atoms with Crippen molar-refractivity contribution in [2.24, 2.45) is 10.9 Å². The number of halogens is 1. The lowest BCUT2D eigenvalue weighted by molar-refractivity contribution is -0.130. The Morgan fingerprint density at radius 2 is 1.82 bits per heavy atom. The zero-order valence-corrected chi connectivity index (χ0v) is 21.7. The van der Waals surface area contributed by atoms with E-state index < -0.39 is 0 Å². The summed E-state index contributed by atoms with van der Waals surface area (Å²) in [6, 6.07) is 18.7. The summed E-state index contributed by atoms with van der Waals surface area (Å²) < 4.78 is 5.95. The number of likely N-dealkylation sites (tertiary alicyclic amines) is 1. The van der Waals surface area contributed by atoms with E-state index in [0.717, 1.165) is 51.6 Å². The van der Waals surface area contributed by atoms with Gasteiger partial charge in [-0.15, -0.1) is 24.0 Å². The number of hydrogen-bond acceptors (Lipinski definition) is 3. The summed E-state index contributed by atoms with van der Waals surface area (Å²) in [6.07, 6.45) is 2.00. The summed E-state index contributed by atoms with van der Waals surface area (Å²) in [6.45, 7) is 7.75. The van der Waals surface area contributed by atoms with E-state index in [9.17, 15) is 4.79 Å². The Balaban J connectivity index is 0.00000306. The third-order valence-corrected chi connectivity index (χ3v) is 6.23. The van der Waals surface area contributed by atoms with E-state index in [1.807, 2.05) is 29.2 Å². The van der Waals surface area contributed by atoms with Crippen LogP contribution in [0.15, 0.2) is 59.6 Å². The predicted octanol–water partition coefficient (Wildman–Crippen LogP) is 3.69. The number of carbonyl (C=O) groups is 1. The van der Waals surface area contributed by atoms with Crippen LogP contribution in [0.1, 0.15) is 30.0 Å². The van der Waals surface area contributed by atoms with Gasteiger partial charge < -0.3 is 19.9 Å². The Bertz CT molecular complexity index is 922. The molecule has 1 unspecified atom stereocenters. The number of rotatable bonds is 7. The topological polar surface area (TPSA) is 57.2 Å². The van der Waals surface area contributed by atoms with E-state index in [0.29, 0.717) is 19.1 Å². The third kappa shape index (κ3) is 7.17. The lowest BCUT2D eigenvalue weighted by atomic mass is 10.00. The van der Waals surface area contributed by atoms with Crippen molar-refractivity contribution < 1.29 is 9.53 Å². The van der Waals surface area contributed by atoms with Crippen LogP contribution in [0.25, 0.3) is 0 Å². The number of aliphatic imine (C=N–C) groups is 1. The number of nitrogens with zero attached hydrogens (tertiary/aromatic N) is 3. The average molecular weight is 562 g/mol. The first-order chi connectivity index (χ1) is 15.7. The quantitative estimate of drug-likeness (QED) is 0.318. The van der Waals surface area contributed by atoms with Gasteiger partial charge in [0.15, 0.2) is 5.96 Å². The smallest absolute Gasteiger partial charge is 0.244 e. The summed E-state index contributed by atoms with van der Waals surface area (Å²) in [7, 11) is 0. The Labute approximate surface area is 214 Å². The lowest BCUT2D eigenvalue weighted by Gasteiger charge is -2.28. The number of amides is 1. The molecule has 1 saturated heterocycles. The normalized spacial score (nSPS) is 18.0. The Morgan fingerprint density at radius 1 is 1.06 bits per heavy atom. The number of ether oxygens (including phenoxy) is 1. The first-order valence-corrected chi connectivity index (χ1v) is 11.7. The number of benzene rings is 2. The summed E-state index contributed by atoms with van der Waals surface area (Å²) in [5, 5.41) is 3.37. The van der Waals surface area contributed by atoms with Crippen molar-refractivity contribution in [3.8, 4) is 0 Å². The molecule has 2 heterocycles. The van der Waals surface area contributed by atoms with E-state index in [2.05, 4.69) is 52.5 Å². The molecule has 0 aromatic heterocycles. The van der Waals surface area contributed by atoms with Gasteiger partial charge in [0.2, 0.25) is 5.91 Å². The Hall–Kier alpha value is -2.13. The minimum absolute atomic E-state index is 0. The van der Waals surface area contributed by atoms with Gasteiger partial charge >= 0.3 is 0 Å². The van der Waals surface area contributed by atoms with Crippen LogP contribution in [0, 0.1) is 5.92 Å². The maximum absolute atomic E-state index is 12.8. The first-order valence-electron chi connectivity index (χ1n) is 11.7. The molecule has 0 spiro atoms. The second kappa shape index (κ2) is 12.9. The van der Waals surface area contributed by atoms with Gasteiger partial charge in [0.1, 0.15) is 6.54 Å². The van der Waals surface area contributed by atoms with Crippen LogP contribution < -0.4 is 5.32 Å². The van der Waals surface area contributed by atoms with Crippen LogP contribution in [0.4, 0.5) is 0 Å². The fourth-order valence-corrected chi connectivity index (χ4v) is 4.46. The molecule has 1 atom stereocenters. The molecule has 33 heavy (non-hydrogen) atoms. The molecule has 0 radical (unpaired) electrons. The molecule has 1 fully saturated rings. The van der Waals surface area contributed by atoms with Gasteiger partial charge in [-0.3, -0.25) is 4.79 Å². The molecule has 7 heteroatoms. The Morgan fingerprint density at radius 3 is 2.61 bits per heavy atom.